The summed E-state index contributed by atoms with van der Waals surface area (Å²) in [5, 5.41) is 0.651. The Morgan fingerprint density at radius 1 is 1.15 bits per heavy atom. The summed E-state index contributed by atoms with van der Waals surface area (Å²) in [6, 6.07) is 13.4. The number of ether oxygens (including phenoxy) is 2. The minimum atomic E-state index is -0.801. The van der Waals surface area contributed by atoms with Gasteiger partial charge in [0.15, 0.2) is 10.6 Å². The molecule has 1 atom stereocenters. The van der Waals surface area contributed by atoms with E-state index in [0.29, 0.717) is 34.6 Å². The maximum Gasteiger partial charge on any atom is 0.350 e. The molecule has 3 heterocycles. The number of aromatic nitrogens is 1. The van der Waals surface area contributed by atoms with Crippen LogP contribution in [-0.4, -0.2) is 30.1 Å². The predicted molar refractivity (Wildman–Crippen MR) is 150 cm³/mol. The summed E-state index contributed by atoms with van der Waals surface area (Å²) in [5.41, 5.74) is 1.39. The first-order valence-electron chi connectivity index (χ1n) is 12.8. The number of fused-ring (bicyclic) bond motifs is 2. The van der Waals surface area contributed by atoms with E-state index < -0.39 is 17.9 Å². The second-order valence-electron chi connectivity index (χ2n) is 9.17. The fourth-order valence-corrected chi connectivity index (χ4v) is 5.58. The number of hydrogen-bond donors (Lipinski definition) is 0. The van der Waals surface area contributed by atoms with Gasteiger partial charge in [0.1, 0.15) is 22.8 Å². The number of unbranched alkanes of at least 4 members (excludes halogenated alkanes) is 2. The summed E-state index contributed by atoms with van der Waals surface area (Å²) in [4.78, 5) is 46.4. The largest absolute Gasteiger partial charge is 0.494 e. The molecular formula is C30H28N2O6S. The van der Waals surface area contributed by atoms with Gasteiger partial charge in [0.2, 0.25) is 5.76 Å². The summed E-state index contributed by atoms with van der Waals surface area (Å²) >= 11 is 1.03. The summed E-state index contributed by atoms with van der Waals surface area (Å²) in [6.07, 6.45) is 4.64. The highest BCUT2D eigenvalue weighted by molar-refractivity contribution is 7.17. The van der Waals surface area contributed by atoms with Crippen LogP contribution in [0.25, 0.3) is 11.0 Å². The number of carbonyl (C=O) groups is 2. The number of thiazole rings is 1. The van der Waals surface area contributed by atoms with E-state index in [1.54, 1.807) is 31.2 Å². The van der Waals surface area contributed by atoms with Crippen LogP contribution in [0.2, 0.25) is 0 Å². The average Bonchev–Trinajstić information content (AvgIpc) is 3.47. The third-order valence-corrected chi connectivity index (χ3v) is 7.64. The van der Waals surface area contributed by atoms with E-state index in [1.165, 1.54) is 11.0 Å². The van der Waals surface area contributed by atoms with Crippen molar-refractivity contribution in [2.45, 2.75) is 39.2 Å². The van der Waals surface area contributed by atoms with Gasteiger partial charge in [-0.2, -0.15) is 0 Å². The number of nitrogens with zero attached hydrogens (tertiary/aromatic N) is 2. The number of amides is 1. The van der Waals surface area contributed by atoms with Crippen LogP contribution >= 0.6 is 11.3 Å². The highest BCUT2D eigenvalue weighted by atomic mass is 32.1. The van der Waals surface area contributed by atoms with Crippen molar-refractivity contribution in [3.8, 4) is 5.75 Å². The number of hydrogen-bond acceptors (Lipinski definition) is 8. The topological polar surface area (TPSA) is 98.9 Å². The molecule has 39 heavy (non-hydrogen) atoms. The molecule has 2 aromatic heterocycles. The second-order valence-corrected chi connectivity index (χ2v) is 10.1. The lowest BCUT2D eigenvalue weighted by Gasteiger charge is -2.22. The molecule has 200 valence electrons. The fraction of sp³-hybridized carbons (Fsp3) is 0.267. The van der Waals surface area contributed by atoms with Crippen LogP contribution in [0.4, 0.5) is 5.13 Å². The Morgan fingerprint density at radius 3 is 2.67 bits per heavy atom. The van der Waals surface area contributed by atoms with Crippen molar-refractivity contribution < 1.29 is 23.5 Å². The molecule has 0 radical (unpaired) electrons. The number of esters is 1. The number of aryl methyl sites for hydroxylation is 1. The first-order chi connectivity index (χ1) is 18.9. The number of carbonyl (C=O) groups excluding carboxylic acids is 2. The van der Waals surface area contributed by atoms with E-state index in [-0.39, 0.29) is 33.4 Å². The van der Waals surface area contributed by atoms with Gasteiger partial charge in [-0.25, -0.2) is 9.78 Å². The van der Waals surface area contributed by atoms with Crippen molar-refractivity contribution in [3.63, 3.8) is 0 Å². The molecule has 0 saturated heterocycles. The molecule has 0 saturated carbocycles. The molecule has 4 aromatic rings. The third kappa shape index (κ3) is 4.97. The molecule has 0 bridgehead atoms. The lowest BCUT2D eigenvalue weighted by Crippen LogP contribution is -2.29. The Balaban J connectivity index is 1.59. The molecule has 0 aliphatic carbocycles. The Bertz CT molecular complexity index is 1600. The molecule has 1 amide bonds. The van der Waals surface area contributed by atoms with Crippen LogP contribution in [0.15, 0.2) is 70.4 Å². The molecule has 0 fully saturated rings. The van der Waals surface area contributed by atoms with Crippen LogP contribution in [0.1, 0.15) is 69.3 Å². The maximum atomic E-state index is 13.8. The van der Waals surface area contributed by atoms with E-state index in [9.17, 15) is 14.4 Å². The number of rotatable bonds is 10. The van der Waals surface area contributed by atoms with Crippen molar-refractivity contribution >= 4 is 39.3 Å². The summed E-state index contributed by atoms with van der Waals surface area (Å²) in [7, 11) is 0. The second kappa shape index (κ2) is 11.2. The van der Waals surface area contributed by atoms with Gasteiger partial charge in [-0.15, -0.1) is 0 Å². The molecule has 0 spiro atoms. The van der Waals surface area contributed by atoms with Crippen LogP contribution < -0.4 is 15.1 Å². The lowest BCUT2D eigenvalue weighted by atomic mass is 9.98. The monoisotopic (exact) mass is 544 g/mol. The zero-order valence-electron chi connectivity index (χ0n) is 21.8. The van der Waals surface area contributed by atoms with Gasteiger partial charge in [0.25, 0.3) is 5.91 Å². The van der Waals surface area contributed by atoms with Gasteiger partial charge in [-0.3, -0.25) is 14.5 Å². The van der Waals surface area contributed by atoms with E-state index in [4.69, 9.17) is 13.9 Å². The van der Waals surface area contributed by atoms with Gasteiger partial charge >= 0.3 is 5.97 Å². The first kappa shape index (κ1) is 26.4. The maximum absolute atomic E-state index is 13.8. The van der Waals surface area contributed by atoms with Crippen LogP contribution in [0, 0.1) is 6.92 Å². The Labute approximate surface area is 229 Å². The average molecular weight is 545 g/mol. The quantitative estimate of drug-likeness (QED) is 0.133. The molecular weight excluding hydrogens is 516 g/mol. The van der Waals surface area contributed by atoms with Crippen LogP contribution in [0.3, 0.4) is 0 Å². The van der Waals surface area contributed by atoms with E-state index >= 15 is 0 Å². The van der Waals surface area contributed by atoms with E-state index in [1.807, 2.05) is 24.3 Å². The normalized spacial score (nSPS) is 14.5. The van der Waals surface area contributed by atoms with Crippen LogP contribution in [-0.2, 0) is 4.74 Å². The van der Waals surface area contributed by atoms with Crippen molar-refractivity contribution in [1.29, 1.82) is 0 Å². The van der Waals surface area contributed by atoms with Gasteiger partial charge in [0.05, 0.1) is 29.3 Å². The van der Waals surface area contributed by atoms with Crippen molar-refractivity contribution in [3.05, 3.63) is 98.9 Å². The highest BCUT2D eigenvalue weighted by Gasteiger charge is 2.45. The molecule has 8 nitrogen and oxygen atoms in total. The molecule has 2 aromatic carbocycles. The molecule has 0 N–H and O–H groups in total. The van der Waals surface area contributed by atoms with E-state index in [2.05, 4.69) is 18.5 Å². The Morgan fingerprint density at radius 2 is 1.92 bits per heavy atom. The highest BCUT2D eigenvalue weighted by Crippen LogP contribution is 2.43. The standard InChI is InChI=1S/C30H28N2O6S/c1-4-6-9-17-36-20-14-12-19(13-15-20)24-23-25(33)21-10-7-8-11-22(21)38-26(23)28(34)32(24)30-31-18(3)27(39-30)29(35)37-16-5-2/h5,7-8,10-15,24H,2,4,6,9,16-17H2,1,3H3. The Hall–Kier alpha value is -4.24. The molecule has 1 aliphatic rings. The minimum absolute atomic E-state index is 0.0350. The van der Waals surface area contributed by atoms with Crippen molar-refractivity contribution in [2.75, 3.05) is 18.1 Å². The molecule has 9 heteroatoms. The minimum Gasteiger partial charge on any atom is -0.494 e. The summed E-state index contributed by atoms with van der Waals surface area (Å²) in [5.74, 6) is -0.389. The first-order valence-corrected chi connectivity index (χ1v) is 13.6. The zero-order chi connectivity index (χ0) is 27.5. The van der Waals surface area contributed by atoms with Gasteiger partial charge in [-0.1, -0.05) is 68.0 Å². The summed E-state index contributed by atoms with van der Waals surface area (Å²) < 4.78 is 17.0. The molecule has 1 aliphatic heterocycles. The smallest absolute Gasteiger partial charge is 0.350 e. The van der Waals surface area contributed by atoms with E-state index in [0.717, 1.165) is 30.6 Å². The number of para-hydroxylation sites is 1. The molecule has 1 unspecified atom stereocenters. The third-order valence-electron chi connectivity index (χ3n) is 6.50. The Kier molecular flexibility index (Phi) is 7.60. The van der Waals surface area contributed by atoms with Gasteiger partial charge in [0, 0.05) is 0 Å². The predicted octanol–water partition coefficient (Wildman–Crippen LogP) is 6.22. The lowest BCUT2D eigenvalue weighted by molar-refractivity contribution is 0.0554. The van der Waals surface area contributed by atoms with Gasteiger partial charge in [-0.05, 0) is 43.2 Å². The SMILES string of the molecule is C=CCOC(=O)c1sc(N2C(=O)c3oc4ccccc4c(=O)c3C2c2ccc(OCCCCC)cc2)nc1C. The number of benzene rings is 2. The molecule has 5 rings (SSSR count). The van der Waals surface area contributed by atoms with Crippen LogP contribution in [0.5, 0.6) is 5.75 Å². The van der Waals surface area contributed by atoms with Crippen molar-refractivity contribution in [2.24, 2.45) is 0 Å². The number of anilines is 1. The fourth-order valence-electron chi connectivity index (χ4n) is 4.60. The van der Waals surface area contributed by atoms with Gasteiger partial charge < -0.3 is 13.9 Å². The zero-order valence-corrected chi connectivity index (χ0v) is 22.6. The summed E-state index contributed by atoms with van der Waals surface area (Å²) in [6.45, 7) is 8.05. The van der Waals surface area contributed by atoms with Crippen molar-refractivity contribution in [1.82, 2.24) is 4.98 Å².